The Hall–Kier alpha value is -2.45. The molecule has 0 radical (unpaired) electrons. The summed E-state index contributed by atoms with van der Waals surface area (Å²) < 4.78 is 5.51. The first-order valence-electron chi connectivity index (χ1n) is 6.03. The van der Waals surface area contributed by atoms with E-state index in [0.29, 0.717) is 28.7 Å². The number of fused-ring (bicyclic) bond motifs is 1. The summed E-state index contributed by atoms with van der Waals surface area (Å²) in [7, 11) is 0. The number of anilines is 1. The molecule has 2 aromatic rings. The van der Waals surface area contributed by atoms with Crippen LogP contribution in [0.15, 0.2) is 18.2 Å². The lowest BCUT2D eigenvalue weighted by Gasteiger charge is -2.27. The van der Waals surface area contributed by atoms with E-state index in [4.69, 9.17) is 10.5 Å². The van der Waals surface area contributed by atoms with Crippen molar-refractivity contribution < 1.29 is 14.7 Å². The summed E-state index contributed by atoms with van der Waals surface area (Å²) in [5, 5.41) is 16.8. The average molecular weight is 275 g/mol. The van der Waals surface area contributed by atoms with Crippen LogP contribution in [0.25, 0.3) is 0 Å². The number of nitrogens with two attached hydrogens (primary N) is 1. The minimum absolute atomic E-state index is 0.277. The number of rotatable bonds is 2. The van der Waals surface area contributed by atoms with Crippen molar-refractivity contribution in [3.05, 3.63) is 29.6 Å². The van der Waals surface area contributed by atoms with Crippen molar-refractivity contribution in [2.24, 2.45) is 5.73 Å². The Kier molecular flexibility index (Phi) is 2.88. The summed E-state index contributed by atoms with van der Waals surface area (Å²) in [5.41, 5.74) is 6.81. The third-order valence-corrected chi connectivity index (χ3v) is 3.04. The number of hydroxylamine groups is 1. The maximum absolute atomic E-state index is 11.6. The molecule has 20 heavy (non-hydrogen) atoms. The van der Waals surface area contributed by atoms with Gasteiger partial charge in [-0.05, 0) is 37.1 Å². The summed E-state index contributed by atoms with van der Waals surface area (Å²) in [5.74, 6) is 0.582. The van der Waals surface area contributed by atoms with Crippen molar-refractivity contribution >= 4 is 11.6 Å². The summed E-state index contributed by atoms with van der Waals surface area (Å²) in [6.45, 7) is 1.74. The monoisotopic (exact) mass is 275 g/mol. The lowest BCUT2D eigenvalue weighted by molar-refractivity contribution is -0.125. The summed E-state index contributed by atoms with van der Waals surface area (Å²) >= 11 is 0. The van der Waals surface area contributed by atoms with Crippen molar-refractivity contribution in [2.45, 2.75) is 19.4 Å². The fourth-order valence-corrected chi connectivity index (χ4v) is 2.08. The number of H-pyrrole nitrogens is 1. The first kappa shape index (κ1) is 12.6. The van der Waals surface area contributed by atoms with Crippen LogP contribution < -0.4 is 15.5 Å². The van der Waals surface area contributed by atoms with E-state index in [9.17, 15) is 10.0 Å². The molecule has 0 saturated carbocycles. The van der Waals surface area contributed by atoms with Crippen molar-refractivity contribution in [3.8, 4) is 11.8 Å². The molecule has 1 atom stereocenters. The number of aromatic amines is 1. The molecule has 1 aromatic heterocycles. The molecule has 0 saturated heterocycles. The number of ether oxygens (including phenoxy) is 1. The molecule has 104 valence electrons. The van der Waals surface area contributed by atoms with Gasteiger partial charge in [0.1, 0.15) is 5.75 Å². The van der Waals surface area contributed by atoms with Crippen LogP contribution in [0, 0.1) is 6.92 Å². The molecule has 8 nitrogen and oxygen atoms in total. The Morgan fingerprint density at radius 1 is 1.55 bits per heavy atom. The molecular weight excluding hydrogens is 262 g/mol. The maximum atomic E-state index is 11.6. The zero-order valence-corrected chi connectivity index (χ0v) is 10.7. The second kappa shape index (κ2) is 4.58. The second-order valence-corrected chi connectivity index (χ2v) is 4.54. The van der Waals surface area contributed by atoms with E-state index >= 15 is 0 Å². The molecule has 0 spiro atoms. The van der Waals surface area contributed by atoms with Gasteiger partial charge in [-0.15, -0.1) is 0 Å². The van der Waals surface area contributed by atoms with Gasteiger partial charge < -0.3 is 10.5 Å². The highest BCUT2D eigenvalue weighted by molar-refractivity contribution is 5.98. The fourth-order valence-electron chi connectivity index (χ4n) is 2.08. The minimum atomic E-state index is -0.754. The standard InChI is InChI=1S/C12H13N5O3/c1-6-14-12(16-15-6)20-8-2-3-10-7(4-8)5-9(13)11(18)17(10)19/h2-4,9,19H,5,13H2,1H3,(H,14,15,16). The zero-order valence-electron chi connectivity index (χ0n) is 10.7. The van der Waals surface area contributed by atoms with Crippen LogP contribution in [0.2, 0.25) is 0 Å². The molecule has 0 aliphatic carbocycles. The molecule has 0 fully saturated rings. The number of aryl methyl sites for hydroxylation is 1. The van der Waals surface area contributed by atoms with E-state index in [2.05, 4.69) is 15.2 Å². The maximum Gasteiger partial charge on any atom is 0.317 e. The van der Waals surface area contributed by atoms with E-state index in [-0.39, 0.29) is 6.01 Å². The number of benzene rings is 1. The van der Waals surface area contributed by atoms with Gasteiger partial charge in [-0.3, -0.25) is 10.0 Å². The highest BCUT2D eigenvalue weighted by Gasteiger charge is 2.29. The molecule has 1 aromatic carbocycles. The minimum Gasteiger partial charge on any atom is -0.425 e. The predicted octanol–water partition coefficient (Wildman–Crippen LogP) is 0.511. The smallest absolute Gasteiger partial charge is 0.317 e. The van der Waals surface area contributed by atoms with Crippen LogP contribution in [0.4, 0.5) is 5.69 Å². The third-order valence-electron chi connectivity index (χ3n) is 3.04. The molecule has 1 amide bonds. The fraction of sp³-hybridized carbons (Fsp3) is 0.250. The van der Waals surface area contributed by atoms with Crippen molar-refractivity contribution in [2.75, 3.05) is 5.06 Å². The molecule has 1 aliphatic rings. The Morgan fingerprint density at radius 3 is 3.05 bits per heavy atom. The molecule has 1 aliphatic heterocycles. The number of aromatic nitrogens is 3. The number of amides is 1. The first-order valence-corrected chi connectivity index (χ1v) is 6.03. The summed E-state index contributed by atoms with van der Waals surface area (Å²) in [6, 6.07) is 4.46. The quantitative estimate of drug-likeness (QED) is 0.687. The molecule has 4 N–H and O–H groups in total. The van der Waals surface area contributed by atoms with Crippen molar-refractivity contribution in [1.29, 1.82) is 0 Å². The average Bonchev–Trinajstić information content (AvgIpc) is 2.81. The lowest BCUT2D eigenvalue weighted by atomic mass is 9.99. The van der Waals surface area contributed by atoms with Crippen LogP contribution in [0.3, 0.4) is 0 Å². The number of carbonyl (C=O) groups is 1. The number of carbonyl (C=O) groups excluding carboxylic acids is 1. The second-order valence-electron chi connectivity index (χ2n) is 4.54. The lowest BCUT2D eigenvalue weighted by Crippen LogP contribution is -2.47. The van der Waals surface area contributed by atoms with Gasteiger partial charge >= 0.3 is 6.01 Å². The Labute approximate surface area is 114 Å². The van der Waals surface area contributed by atoms with E-state index in [1.165, 1.54) is 0 Å². The number of hydrogen-bond donors (Lipinski definition) is 3. The van der Waals surface area contributed by atoms with Gasteiger partial charge in [-0.2, -0.15) is 15.1 Å². The highest BCUT2D eigenvalue weighted by Crippen LogP contribution is 2.30. The van der Waals surface area contributed by atoms with Crippen molar-refractivity contribution in [3.63, 3.8) is 0 Å². The van der Waals surface area contributed by atoms with Crippen LogP contribution in [-0.4, -0.2) is 32.3 Å². The molecule has 8 heteroatoms. The SMILES string of the molecule is Cc1n[nH]c(Oc2ccc3c(c2)CC(N)C(=O)N3O)n1. The number of hydrogen-bond acceptors (Lipinski definition) is 6. The molecule has 2 heterocycles. The molecule has 1 unspecified atom stereocenters. The van der Waals surface area contributed by atoms with Crippen LogP contribution in [-0.2, 0) is 11.2 Å². The summed E-state index contributed by atoms with van der Waals surface area (Å²) in [6.07, 6.45) is 0.345. The van der Waals surface area contributed by atoms with Crippen LogP contribution in [0.1, 0.15) is 11.4 Å². The Bertz CT molecular complexity index is 669. The number of nitrogens with one attached hydrogen (secondary N) is 1. The van der Waals surface area contributed by atoms with Gasteiger partial charge in [0.25, 0.3) is 5.91 Å². The number of nitrogens with zero attached hydrogens (tertiary/aromatic N) is 3. The predicted molar refractivity (Wildman–Crippen MR) is 68.6 cm³/mol. The molecule has 3 rings (SSSR count). The molecular formula is C12H13N5O3. The summed E-state index contributed by atoms with van der Waals surface area (Å²) in [4.78, 5) is 15.6. The normalized spacial score (nSPS) is 18.1. The zero-order chi connectivity index (χ0) is 14.3. The Balaban J connectivity index is 1.89. The largest absolute Gasteiger partial charge is 0.425 e. The molecule has 0 bridgehead atoms. The van der Waals surface area contributed by atoms with Gasteiger partial charge in [0.05, 0.1) is 11.7 Å². The van der Waals surface area contributed by atoms with Crippen LogP contribution >= 0.6 is 0 Å². The van der Waals surface area contributed by atoms with E-state index in [0.717, 1.165) is 5.56 Å². The highest BCUT2D eigenvalue weighted by atomic mass is 16.5. The van der Waals surface area contributed by atoms with E-state index in [1.807, 2.05) is 0 Å². The topological polar surface area (TPSA) is 117 Å². The first-order chi connectivity index (χ1) is 9.54. The van der Waals surface area contributed by atoms with Crippen molar-refractivity contribution in [1.82, 2.24) is 15.2 Å². The van der Waals surface area contributed by atoms with Gasteiger partial charge in [0.2, 0.25) is 0 Å². The van der Waals surface area contributed by atoms with E-state index in [1.54, 1.807) is 25.1 Å². The third kappa shape index (κ3) is 2.10. The van der Waals surface area contributed by atoms with Gasteiger partial charge in [-0.25, -0.2) is 5.10 Å². The van der Waals surface area contributed by atoms with E-state index < -0.39 is 11.9 Å². The van der Waals surface area contributed by atoms with Gasteiger partial charge in [0.15, 0.2) is 5.82 Å². The van der Waals surface area contributed by atoms with Gasteiger partial charge in [-0.1, -0.05) is 0 Å². The van der Waals surface area contributed by atoms with Crippen LogP contribution in [0.5, 0.6) is 11.8 Å². The van der Waals surface area contributed by atoms with Gasteiger partial charge in [0, 0.05) is 0 Å². The Morgan fingerprint density at radius 2 is 2.35 bits per heavy atom.